The van der Waals surface area contributed by atoms with Gasteiger partial charge in [0, 0.05) is 24.6 Å². The number of aldehydes is 1. The molecule has 0 aliphatic carbocycles. The quantitative estimate of drug-likeness (QED) is 0.690. The predicted molar refractivity (Wildman–Crippen MR) is 93.0 cm³/mol. The van der Waals surface area contributed by atoms with E-state index in [9.17, 15) is 4.79 Å². The van der Waals surface area contributed by atoms with Gasteiger partial charge < -0.3 is 4.90 Å². The number of benzene rings is 2. The SMILES string of the molecule is Cc1cc(C2CN(c3c(Cl)cccc3Cl)C2)cc(Cl)c1C=O. The van der Waals surface area contributed by atoms with Gasteiger partial charge in [-0.2, -0.15) is 0 Å². The van der Waals surface area contributed by atoms with Crippen LogP contribution in [0, 0.1) is 6.92 Å². The first kappa shape index (κ1) is 15.7. The molecule has 0 atom stereocenters. The number of anilines is 1. The van der Waals surface area contributed by atoms with Crippen molar-refractivity contribution in [3.05, 3.63) is 62.1 Å². The fourth-order valence-corrected chi connectivity index (χ4v) is 3.79. The van der Waals surface area contributed by atoms with Crippen LogP contribution in [0.1, 0.15) is 27.4 Å². The van der Waals surface area contributed by atoms with E-state index in [-0.39, 0.29) is 0 Å². The summed E-state index contributed by atoms with van der Waals surface area (Å²) in [6, 6.07) is 9.44. The largest absolute Gasteiger partial charge is 0.368 e. The van der Waals surface area contributed by atoms with Crippen molar-refractivity contribution in [2.24, 2.45) is 0 Å². The van der Waals surface area contributed by atoms with Crippen LogP contribution in [0.2, 0.25) is 15.1 Å². The molecule has 0 bridgehead atoms. The molecule has 5 heteroatoms. The summed E-state index contributed by atoms with van der Waals surface area (Å²) in [6.07, 6.45) is 0.804. The normalized spacial score (nSPS) is 14.8. The molecular weight excluding hydrogens is 341 g/mol. The van der Waals surface area contributed by atoms with Gasteiger partial charge in [0.1, 0.15) is 0 Å². The van der Waals surface area contributed by atoms with E-state index in [1.54, 1.807) is 0 Å². The van der Waals surface area contributed by atoms with Gasteiger partial charge >= 0.3 is 0 Å². The maximum absolute atomic E-state index is 11.0. The molecule has 2 aromatic rings. The average Bonchev–Trinajstić information content (AvgIpc) is 2.40. The molecule has 0 amide bonds. The monoisotopic (exact) mass is 353 g/mol. The number of nitrogens with zero attached hydrogens (tertiary/aromatic N) is 1. The lowest BCUT2D eigenvalue weighted by Crippen LogP contribution is -2.45. The third-order valence-corrected chi connectivity index (χ3v) is 5.01. The third-order valence-electron chi connectivity index (χ3n) is 4.08. The van der Waals surface area contributed by atoms with Crippen molar-refractivity contribution in [2.75, 3.05) is 18.0 Å². The summed E-state index contributed by atoms with van der Waals surface area (Å²) in [4.78, 5) is 13.2. The number of carbonyl (C=O) groups is 1. The van der Waals surface area contributed by atoms with Crippen LogP contribution in [0.4, 0.5) is 5.69 Å². The molecule has 2 aromatic carbocycles. The minimum Gasteiger partial charge on any atom is -0.368 e. The molecule has 1 saturated heterocycles. The smallest absolute Gasteiger partial charge is 0.151 e. The van der Waals surface area contributed by atoms with E-state index in [0.29, 0.717) is 26.5 Å². The molecule has 22 heavy (non-hydrogen) atoms. The van der Waals surface area contributed by atoms with E-state index < -0.39 is 0 Å². The highest BCUT2D eigenvalue weighted by molar-refractivity contribution is 6.39. The summed E-state index contributed by atoms with van der Waals surface area (Å²) >= 11 is 18.6. The van der Waals surface area contributed by atoms with Gasteiger partial charge in [-0.05, 0) is 36.2 Å². The van der Waals surface area contributed by atoms with Crippen molar-refractivity contribution in [2.45, 2.75) is 12.8 Å². The molecule has 1 fully saturated rings. The van der Waals surface area contributed by atoms with Crippen LogP contribution in [0.5, 0.6) is 0 Å². The van der Waals surface area contributed by atoms with Gasteiger partial charge in [0.25, 0.3) is 0 Å². The zero-order valence-electron chi connectivity index (χ0n) is 11.9. The van der Waals surface area contributed by atoms with Gasteiger partial charge in [-0.25, -0.2) is 0 Å². The summed E-state index contributed by atoms with van der Waals surface area (Å²) in [5.74, 6) is 0.365. The van der Waals surface area contributed by atoms with Crippen molar-refractivity contribution in [3.8, 4) is 0 Å². The Kier molecular flexibility index (Phi) is 4.35. The summed E-state index contributed by atoms with van der Waals surface area (Å²) in [7, 11) is 0. The molecule has 1 aliphatic rings. The van der Waals surface area contributed by atoms with Crippen LogP contribution in [-0.2, 0) is 0 Å². The number of rotatable bonds is 3. The minimum atomic E-state index is 0.365. The van der Waals surface area contributed by atoms with Crippen molar-refractivity contribution in [1.82, 2.24) is 0 Å². The Balaban J connectivity index is 1.81. The molecule has 1 heterocycles. The first-order chi connectivity index (χ1) is 10.5. The maximum Gasteiger partial charge on any atom is 0.151 e. The molecule has 2 nitrogen and oxygen atoms in total. The Bertz CT molecular complexity index is 695. The number of aryl methyl sites for hydroxylation is 1. The molecule has 0 N–H and O–H groups in total. The van der Waals surface area contributed by atoms with Crippen molar-refractivity contribution < 1.29 is 4.79 Å². The summed E-state index contributed by atoms with van der Waals surface area (Å²) in [6.45, 7) is 3.57. The zero-order valence-corrected chi connectivity index (χ0v) is 14.2. The molecule has 0 radical (unpaired) electrons. The van der Waals surface area contributed by atoms with Crippen LogP contribution in [0.3, 0.4) is 0 Å². The predicted octanol–water partition coefficient (Wildman–Crippen LogP) is 5.37. The number of hydrogen-bond donors (Lipinski definition) is 0. The number of carbonyl (C=O) groups excluding carboxylic acids is 1. The highest BCUT2D eigenvalue weighted by atomic mass is 35.5. The van der Waals surface area contributed by atoms with E-state index in [1.165, 1.54) is 0 Å². The number of hydrogen-bond acceptors (Lipinski definition) is 2. The van der Waals surface area contributed by atoms with E-state index in [2.05, 4.69) is 4.90 Å². The van der Waals surface area contributed by atoms with Crippen LogP contribution in [0.15, 0.2) is 30.3 Å². The zero-order chi connectivity index (χ0) is 15.9. The van der Waals surface area contributed by atoms with Crippen LogP contribution in [0.25, 0.3) is 0 Å². The van der Waals surface area contributed by atoms with Gasteiger partial charge in [0.15, 0.2) is 6.29 Å². The first-order valence-electron chi connectivity index (χ1n) is 6.95. The molecule has 0 saturated carbocycles. The molecule has 114 valence electrons. The molecular formula is C17H14Cl3NO. The second kappa shape index (κ2) is 6.11. The molecule has 0 spiro atoms. The topological polar surface area (TPSA) is 20.3 Å². The summed E-state index contributed by atoms with van der Waals surface area (Å²) < 4.78 is 0. The Morgan fingerprint density at radius 1 is 1.09 bits per heavy atom. The molecule has 3 rings (SSSR count). The Labute approximate surface area is 144 Å². The fraction of sp³-hybridized carbons (Fsp3) is 0.235. The maximum atomic E-state index is 11.0. The van der Waals surface area contributed by atoms with Gasteiger partial charge in [-0.15, -0.1) is 0 Å². The van der Waals surface area contributed by atoms with Gasteiger partial charge in [-0.3, -0.25) is 4.79 Å². The van der Waals surface area contributed by atoms with Gasteiger partial charge in [0.05, 0.1) is 20.8 Å². The highest BCUT2D eigenvalue weighted by Gasteiger charge is 2.31. The minimum absolute atomic E-state index is 0.365. The second-order valence-corrected chi connectivity index (χ2v) is 6.74. The Morgan fingerprint density at radius 2 is 1.73 bits per heavy atom. The lowest BCUT2D eigenvalue weighted by atomic mass is 9.89. The van der Waals surface area contributed by atoms with E-state index in [1.807, 2.05) is 37.3 Å². The molecule has 1 aliphatic heterocycles. The summed E-state index contributed by atoms with van der Waals surface area (Å²) in [5, 5.41) is 1.84. The van der Waals surface area contributed by atoms with Crippen LogP contribution >= 0.6 is 34.8 Å². The Hall–Kier alpha value is -1.22. The second-order valence-electron chi connectivity index (χ2n) is 5.52. The summed E-state index contributed by atoms with van der Waals surface area (Å²) in [5.41, 5.74) is 3.50. The van der Waals surface area contributed by atoms with Crippen molar-refractivity contribution in [1.29, 1.82) is 0 Å². The first-order valence-corrected chi connectivity index (χ1v) is 8.09. The average molecular weight is 355 g/mol. The van der Waals surface area contributed by atoms with E-state index in [0.717, 1.165) is 36.2 Å². The fourth-order valence-electron chi connectivity index (χ4n) is 2.83. The van der Waals surface area contributed by atoms with Crippen LogP contribution in [-0.4, -0.2) is 19.4 Å². The van der Waals surface area contributed by atoms with Gasteiger partial charge in [-0.1, -0.05) is 46.9 Å². The lowest BCUT2D eigenvalue weighted by Gasteiger charge is -2.42. The number of para-hydroxylation sites is 1. The van der Waals surface area contributed by atoms with Crippen molar-refractivity contribution in [3.63, 3.8) is 0 Å². The van der Waals surface area contributed by atoms with E-state index >= 15 is 0 Å². The standard InChI is InChI=1S/C17H14Cl3NO/c1-10-5-11(6-16(20)13(10)9-22)12-7-21(8-12)17-14(18)3-2-4-15(17)19/h2-6,9,12H,7-8H2,1H3. The van der Waals surface area contributed by atoms with Gasteiger partial charge in [0.2, 0.25) is 0 Å². The lowest BCUT2D eigenvalue weighted by molar-refractivity contribution is 0.112. The van der Waals surface area contributed by atoms with E-state index in [4.69, 9.17) is 34.8 Å². The Morgan fingerprint density at radius 3 is 2.27 bits per heavy atom. The number of halogens is 3. The van der Waals surface area contributed by atoms with Crippen LogP contribution < -0.4 is 4.90 Å². The molecule has 0 unspecified atom stereocenters. The molecule has 0 aromatic heterocycles. The highest BCUT2D eigenvalue weighted by Crippen LogP contribution is 2.40. The third kappa shape index (κ3) is 2.71. The van der Waals surface area contributed by atoms with Crippen molar-refractivity contribution >= 4 is 46.8 Å².